The molecule has 0 aliphatic carbocycles. The van der Waals surface area contributed by atoms with Gasteiger partial charge in [0.2, 0.25) is 13.6 Å². The van der Waals surface area contributed by atoms with Crippen LogP contribution in [-0.4, -0.2) is 65.6 Å². The summed E-state index contributed by atoms with van der Waals surface area (Å²) in [5.74, 6) is -0.306. The van der Waals surface area contributed by atoms with Crippen molar-refractivity contribution in [3.8, 4) is 0 Å². The molecule has 1 aliphatic heterocycles. The summed E-state index contributed by atoms with van der Waals surface area (Å²) in [6, 6.07) is 1.10. The number of nitrogens with one attached hydrogen (secondary N) is 1. The third-order valence-electron chi connectivity index (χ3n) is 5.18. The molecular weight excluding hydrogens is 527 g/mol. The van der Waals surface area contributed by atoms with Crippen LogP contribution in [0.3, 0.4) is 0 Å². The first-order valence-corrected chi connectivity index (χ1v) is 13.2. The zero-order chi connectivity index (χ0) is 28.9. The number of esters is 2. The van der Waals surface area contributed by atoms with E-state index in [1.807, 2.05) is 0 Å². The molecule has 0 bridgehead atoms. The van der Waals surface area contributed by atoms with E-state index in [2.05, 4.69) is 4.98 Å². The largest absolute Gasteiger partial charge is 0.438 e. The molecule has 1 saturated heterocycles. The molecule has 2 unspecified atom stereocenters. The average molecular weight is 563 g/mol. The van der Waals surface area contributed by atoms with Crippen LogP contribution in [0.2, 0.25) is 0 Å². The summed E-state index contributed by atoms with van der Waals surface area (Å²) in [5.41, 5.74) is -3.11. The zero-order valence-corrected chi connectivity index (χ0v) is 23.3. The van der Waals surface area contributed by atoms with Gasteiger partial charge in [-0.1, -0.05) is 0 Å². The number of aliphatic hydroxyl groups excluding tert-OH is 1. The first-order valence-electron chi connectivity index (χ1n) is 11.6. The summed E-state index contributed by atoms with van der Waals surface area (Å²) in [4.78, 5) is 49.7. The van der Waals surface area contributed by atoms with Gasteiger partial charge in [0.05, 0.1) is 10.8 Å². The molecular formula is C23H35N2O12P. The standard InChI is InChI=1S/C23H35N2O12P/c1-22(2,3)19(28)33-12-35-38(31,36-13-34-20(29)23(4,5)6)11-9-14-16(27)17(32-7)18(37-14)25-10-8-15(26)24-21(25)30/h8-11,14,16-18,27H,12-13H2,1-7H3,(H,24,26,30)/b11-9-/t14-,16?,17?,18-/m1/s1. The molecule has 2 rings (SSSR count). The maximum Gasteiger partial charge on any atom is 0.359 e. The molecule has 2 N–H and O–H groups in total. The number of aliphatic hydroxyl groups is 1. The molecule has 0 radical (unpaired) electrons. The van der Waals surface area contributed by atoms with Crippen molar-refractivity contribution in [1.29, 1.82) is 0 Å². The number of H-pyrrole nitrogens is 1. The van der Waals surface area contributed by atoms with Crippen LogP contribution in [0, 0.1) is 10.8 Å². The normalized spacial score (nSPS) is 22.5. The first-order chi connectivity index (χ1) is 17.5. The molecule has 1 aromatic heterocycles. The summed E-state index contributed by atoms with van der Waals surface area (Å²) >= 11 is 0. The molecule has 0 aromatic carbocycles. The number of hydrogen-bond acceptors (Lipinski definition) is 12. The van der Waals surface area contributed by atoms with Crippen molar-refractivity contribution < 1.29 is 47.3 Å². The molecule has 14 nitrogen and oxygen atoms in total. The Morgan fingerprint density at radius 2 is 1.61 bits per heavy atom. The summed E-state index contributed by atoms with van der Waals surface area (Å²) in [5, 5.41) is 10.7. The van der Waals surface area contributed by atoms with Gasteiger partial charge in [0.15, 0.2) is 6.23 Å². The highest BCUT2D eigenvalue weighted by atomic mass is 31.2. The number of aromatic nitrogens is 2. The number of carbonyl (C=O) groups excluding carboxylic acids is 2. The van der Waals surface area contributed by atoms with Gasteiger partial charge in [-0.3, -0.25) is 37.5 Å². The average Bonchev–Trinajstić information content (AvgIpc) is 3.11. The Morgan fingerprint density at radius 3 is 2.05 bits per heavy atom. The number of aromatic amines is 1. The minimum Gasteiger partial charge on any atom is -0.438 e. The van der Waals surface area contributed by atoms with E-state index in [1.165, 1.54) is 13.3 Å². The van der Waals surface area contributed by atoms with Crippen LogP contribution in [0.15, 0.2) is 33.7 Å². The van der Waals surface area contributed by atoms with Crippen molar-refractivity contribution in [2.24, 2.45) is 10.8 Å². The number of rotatable bonds is 10. The Hall–Kier alpha value is -2.61. The van der Waals surface area contributed by atoms with Crippen LogP contribution in [-0.2, 0) is 42.1 Å². The second-order valence-corrected chi connectivity index (χ2v) is 12.3. The Labute approximate surface area is 219 Å². The fraction of sp³-hybridized carbons (Fsp3) is 0.652. The van der Waals surface area contributed by atoms with Gasteiger partial charge in [-0.25, -0.2) is 4.79 Å². The van der Waals surface area contributed by atoms with Crippen LogP contribution in [0.1, 0.15) is 47.8 Å². The van der Waals surface area contributed by atoms with Gasteiger partial charge >= 0.3 is 25.2 Å². The zero-order valence-electron chi connectivity index (χ0n) is 22.4. The van der Waals surface area contributed by atoms with Crippen LogP contribution in [0.5, 0.6) is 0 Å². The molecule has 1 fully saturated rings. The minimum absolute atomic E-state index is 0.621. The number of carbonyl (C=O) groups is 2. The number of hydrogen-bond donors (Lipinski definition) is 2. The van der Waals surface area contributed by atoms with Crippen molar-refractivity contribution in [3.05, 3.63) is 45.0 Å². The quantitative estimate of drug-likeness (QED) is 0.239. The van der Waals surface area contributed by atoms with Gasteiger partial charge < -0.3 is 24.1 Å². The van der Waals surface area contributed by atoms with Crippen molar-refractivity contribution in [3.63, 3.8) is 0 Å². The van der Waals surface area contributed by atoms with Crippen LogP contribution in [0.4, 0.5) is 0 Å². The van der Waals surface area contributed by atoms with Crippen LogP contribution in [0.25, 0.3) is 0 Å². The highest BCUT2D eigenvalue weighted by Crippen LogP contribution is 2.50. The fourth-order valence-corrected chi connectivity index (χ4v) is 4.02. The molecule has 1 aliphatic rings. The molecule has 1 aromatic rings. The van der Waals surface area contributed by atoms with E-state index >= 15 is 0 Å². The summed E-state index contributed by atoms with van der Waals surface area (Å²) in [6.07, 6.45) is -2.36. The molecule has 0 amide bonds. The molecule has 0 saturated carbocycles. The van der Waals surface area contributed by atoms with E-state index in [-0.39, 0.29) is 0 Å². The second kappa shape index (κ2) is 12.5. The second-order valence-electron chi connectivity index (χ2n) is 10.4. The molecule has 38 heavy (non-hydrogen) atoms. The number of ether oxygens (including phenoxy) is 4. The third kappa shape index (κ3) is 8.45. The highest BCUT2D eigenvalue weighted by Gasteiger charge is 2.45. The predicted molar refractivity (Wildman–Crippen MR) is 132 cm³/mol. The van der Waals surface area contributed by atoms with E-state index in [9.17, 15) is 28.8 Å². The summed E-state index contributed by atoms with van der Waals surface area (Å²) in [6.45, 7) is 8.22. The van der Waals surface area contributed by atoms with E-state index < -0.39 is 79.7 Å². The molecule has 4 atom stereocenters. The highest BCUT2D eigenvalue weighted by molar-refractivity contribution is 7.57. The lowest BCUT2D eigenvalue weighted by atomic mass is 9.98. The van der Waals surface area contributed by atoms with Gasteiger partial charge in [0.1, 0.15) is 18.3 Å². The molecule has 15 heteroatoms. The van der Waals surface area contributed by atoms with Crippen molar-refractivity contribution in [2.75, 3.05) is 20.7 Å². The van der Waals surface area contributed by atoms with Crippen molar-refractivity contribution in [2.45, 2.75) is 66.1 Å². The van der Waals surface area contributed by atoms with E-state index in [0.29, 0.717) is 0 Å². The maximum atomic E-state index is 13.4. The Morgan fingerprint density at radius 1 is 1.08 bits per heavy atom. The predicted octanol–water partition coefficient (Wildman–Crippen LogP) is 1.64. The molecule has 2 heterocycles. The lowest BCUT2D eigenvalue weighted by Gasteiger charge is -2.20. The summed E-state index contributed by atoms with van der Waals surface area (Å²) in [7, 11) is -2.95. The Kier molecular flexibility index (Phi) is 10.4. The lowest BCUT2D eigenvalue weighted by molar-refractivity contribution is -0.161. The van der Waals surface area contributed by atoms with E-state index in [1.54, 1.807) is 41.5 Å². The lowest BCUT2D eigenvalue weighted by Crippen LogP contribution is -2.38. The summed E-state index contributed by atoms with van der Waals surface area (Å²) < 4.78 is 45.8. The van der Waals surface area contributed by atoms with Gasteiger partial charge in [-0.15, -0.1) is 0 Å². The van der Waals surface area contributed by atoms with E-state index in [4.69, 9.17) is 28.0 Å². The number of nitrogens with zero attached hydrogens (tertiary/aromatic N) is 1. The third-order valence-corrected chi connectivity index (χ3v) is 6.64. The van der Waals surface area contributed by atoms with E-state index in [0.717, 1.165) is 22.5 Å². The number of methoxy groups -OCH3 is 1. The smallest absolute Gasteiger partial charge is 0.359 e. The SMILES string of the molecule is COC1C(O)[C@@H](/C=C\P(=O)(OCOC(=O)C(C)(C)C)OCOC(=O)C(C)(C)C)O[C@H]1n1ccc(=O)[nH]c1=O. The molecule has 214 valence electrons. The first kappa shape index (κ1) is 31.6. The topological polar surface area (TPSA) is 182 Å². The Bertz CT molecular complexity index is 1140. The fourth-order valence-electron chi connectivity index (χ4n) is 2.99. The van der Waals surface area contributed by atoms with Gasteiger partial charge in [-0.05, 0) is 47.6 Å². The minimum atomic E-state index is -4.23. The van der Waals surface area contributed by atoms with Gasteiger partial charge in [0, 0.05) is 25.2 Å². The van der Waals surface area contributed by atoms with Crippen LogP contribution >= 0.6 is 7.60 Å². The molecule has 0 spiro atoms. The van der Waals surface area contributed by atoms with Gasteiger partial charge in [0.25, 0.3) is 5.56 Å². The van der Waals surface area contributed by atoms with Crippen molar-refractivity contribution >= 4 is 19.5 Å². The van der Waals surface area contributed by atoms with Crippen LogP contribution < -0.4 is 11.2 Å². The Balaban J connectivity index is 2.22. The van der Waals surface area contributed by atoms with Crippen molar-refractivity contribution in [1.82, 2.24) is 9.55 Å². The van der Waals surface area contributed by atoms with Gasteiger partial charge in [-0.2, -0.15) is 0 Å². The maximum absolute atomic E-state index is 13.4. The monoisotopic (exact) mass is 562 g/mol.